The van der Waals surface area contributed by atoms with Crippen molar-refractivity contribution in [2.45, 2.75) is 70.2 Å². The highest BCUT2D eigenvalue weighted by Gasteiger charge is 2.36. The number of benzene rings is 1. The molecule has 1 amide bonds. The summed E-state index contributed by atoms with van der Waals surface area (Å²) >= 11 is 0. The number of hydrogen-bond acceptors (Lipinski definition) is 6. The number of alkyl halides is 2. The van der Waals surface area contributed by atoms with Crippen LogP contribution in [0.5, 0.6) is 0 Å². The van der Waals surface area contributed by atoms with E-state index in [1.807, 2.05) is 31.2 Å². The number of nitrogens with two attached hydrogens (primary N) is 1. The van der Waals surface area contributed by atoms with Crippen LogP contribution in [0.4, 0.5) is 14.6 Å². The number of piperidine rings is 1. The van der Waals surface area contributed by atoms with Crippen molar-refractivity contribution < 1.29 is 18.3 Å². The molecule has 0 bridgehead atoms. The Morgan fingerprint density at radius 1 is 1.29 bits per heavy atom. The SMILES string of the molecule is CO[C@H]1CN(c2nc3ccc(C)cc3cc2C(=O)NC(C)N)CC[C@H]1CNC1CCC(F)(F)CC1. The van der Waals surface area contributed by atoms with Gasteiger partial charge in [-0.05, 0) is 51.3 Å². The molecular formula is C26H37F2N5O2. The summed E-state index contributed by atoms with van der Waals surface area (Å²) in [4.78, 5) is 20.0. The van der Waals surface area contributed by atoms with E-state index < -0.39 is 12.1 Å². The first-order valence-electron chi connectivity index (χ1n) is 12.5. The number of rotatable bonds is 7. The highest BCUT2D eigenvalue weighted by atomic mass is 19.3. The zero-order valence-electron chi connectivity index (χ0n) is 20.8. The first kappa shape index (κ1) is 25.7. The molecule has 2 aromatic rings. The molecule has 3 atom stereocenters. The van der Waals surface area contributed by atoms with Gasteiger partial charge in [-0.25, -0.2) is 13.8 Å². The van der Waals surface area contributed by atoms with Crippen LogP contribution in [0.25, 0.3) is 10.9 Å². The zero-order chi connectivity index (χ0) is 25.2. The smallest absolute Gasteiger partial charge is 0.256 e. The Balaban J connectivity index is 1.50. The number of anilines is 1. The number of aromatic nitrogens is 1. The Morgan fingerprint density at radius 3 is 2.71 bits per heavy atom. The fraction of sp³-hybridized carbons (Fsp3) is 0.615. The third kappa shape index (κ3) is 6.26. The van der Waals surface area contributed by atoms with Crippen LogP contribution in [0.3, 0.4) is 0 Å². The van der Waals surface area contributed by atoms with Crippen LogP contribution >= 0.6 is 0 Å². The molecule has 1 aliphatic heterocycles. The quantitative estimate of drug-likeness (QED) is 0.515. The normalized spacial score (nSPS) is 23.9. The summed E-state index contributed by atoms with van der Waals surface area (Å²) in [7, 11) is 1.70. The first-order chi connectivity index (χ1) is 16.6. The monoisotopic (exact) mass is 489 g/mol. The summed E-state index contributed by atoms with van der Waals surface area (Å²) in [5.74, 6) is -1.89. The van der Waals surface area contributed by atoms with Gasteiger partial charge >= 0.3 is 0 Å². The van der Waals surface area contributed by atoms with Gasteiger partial charge in [0.2, 0.25) is 5.92 Å². The molecule has 4 rings (SSSR count). The van der Waals surface area contributed by atoms with Crippen LogP contribution in [-0.4, -0.2) is 61.9 Å². The molecule has 1 aromatic heterocycles. The molecule has 0 radical (unpaired) electrons. The van der Waals surface area contributed by atoms with Crippen LogP contribution in [0.1, 0.15) is 54.9 Å². The fourth-order valence-electron chi connectivity index (χ4n) is 5.20. The average molecular weight is 490 g/mol. The van der Waals surface area contributed by atoms with E-state index in [4.69, 9.17) is 15.5 Å². The highest BCUT2D eigenvalue weighted by molar-refractivity contribution is 6.02. The van der Waals surface area contributed by atoms with Crippen LogP contribution < -0.4 is 21.3 Å². The number of nitrogens with zero attached hydrogens (tertiary/aromatic N) is 2. The number of amides is 1. The topological polar surface area (TPSA) is 92.5 Å². The molecular weight excluding hydrogens is 452 g/mol. The lowest BCUT2D eigenvalue weighted by Crippen LogP contribution is -2.50. The fourth-order valence-corrected chi connectivity index (χ4v) is 5.20. The molecule has 1 aliphatic carbocycles. The highest BCUT2D eigenvalue weighted by Crippen LogP contribution is 2.34. The van der Waals surface area contributed by atoms with Crippen molar-refractivity contribution in [3.8, 4) is 0 Å². The lowest BCUT2D eigenvalue weighted by molar-refractivity contribution is -0.0415. The second-order valence-electron chi connectivity index (χ2n) is 10.1. The number of carbonyl (C=O) groups is 1. The van der Waals surface area contributed by atoms with Crippen LogP contribution in [0, 0.1) is 12.8 Å². The first-order valence-corrected chi connectivity index (χ1v) is 12.5. The third-order valence-corrected chi connectivity index (χ3v) is 7.24. The van der Waals surface area contributed by atoms with Crippen molar-refractivity contribution in [3.05, 3.63) is 35.4 Å². The van der Waals surface area contributed by atoms with Gasteiger partial charge in [0.1, 0.15) is 5.82 Å². The maximum absolute atomic E-state index is 13.5. The van der Waals surface area contributed by atoms with Crippen LogP contribution in [-0.2, 0) is 4.74 Å². The average Bonchev–Trinajstić information content (AvgIpc) is 2.82. The Kier molecular flexibility index (Phi) is 7.88. The van der Waals surface area contributed by atoms with Gasteiger partial charge in [-0.1, -0.05) is 11.6 Å². The summed E-state index contributed by atoms with van der Waals surface area (Å²) in [6, 6.07) is 8.02. The van der Waals surface area contributed by atoms with Crippen LogP contribution in [0.15, 0.2) is 24.3 Å². The lowest BCUT2D eigenvalue weighted by atomic mass is 9.90. The molecule has 1 saturated carbocycles. The van der Waals surface area contributed by atoms with Crippen LogP contribution in [0.2, 0.25) is 0 Å². The van der Waals surface area contributed by atoms with E-state index >= 15 is 0 Å². The number of nitrogens with one attached hydrogen (secondary N) is 2. The molecule has 7 nitrogen and oxygen atoms in total. The molecule has 1 unspecified atom stereocenters. The van der Waals surface area contributed by atoms with Crippen molar-refractivity contribution in [1.29, 1.82) is 0 Å². The van der Waals surface area contributed by atoms with Crippen molar-refractivity contribution in [3.63, 3.8) is 0 Å². The molecule has 2 heterocycles. The van der Waals surface area contributed by atoms with E-state index in [9.17, 15) is 13.6 Å². The van der Waals surface area contributed by atoms with E-state index in [1.54, 1.807) is 14.0 Å². The zero-order valence-corrected chi connectivity index (χ0v) is 20.8. The van der Waals surface area contributed by atoms with Gasteiger partial charge in [0.25, 0.3) is 5.91 Å². The summed E-state index contributed by atoms with van der Waals surface area (Å²) in [6.45, 7) is 5.77. The van der Waals surface area contributed by atoms with E-state index in [1.165, 1.54) is 0 Å². The number of methoxy groups -OCH3 is 1. The van der Waals surface area contributed by atoms with Gasteiger partial charge in [-0.3, -0.25) is 4.79 Å². The number of ether oxygens (including phenoxy) is 1. The maximum Gasteiger partial charge on any atom is 0.256 e. The number of fused-ring (bicyclic) bond motifs is 1. The lowest BCUT2D eigenvalue weighted by Gasteiger charge is -2.40. The number of aryl methyl sites for hydroxylation is 1. The third-order valence-electron chi connectivity index (χ3n) is 7.24. The van der Waals surface area contributed by atoms with E-state index in [2.05, 4.69) is 15.5 Å². The van der Waals surface area contributed by atoms with E-state index in [-0.39, 0.29) is 36.8 Å². The van der Waals surface area contributed by atoms with Gasteiger partial charge in [-0.2, -0.15) is 0 Å². The number of halogens is 2. The van der Waals surface area contributed by atoms with Gasteiger partial charge in [0.05, 0.1) is 23.3 Å². The van der Waals surface area contributed by atoms with Crippen molar-refractivity contribution >= 4 is 22.6 Å². The summed E-state index contributed by atoms with van der Waals surface area (Å²) in [5, 5.41) is 7.20. The molecule has 2 aliphatic rings. The Morgan fingerprint density at radius 2 is 2.03 bits per heavy atom. The number of carbonyl (C=O) groups excluding carboxylic acids is 1. The van der Waals surface area contributed by atoms with E-state index in [0.717, 1.165) is 36.0 Å². The summed E-state index contributed by atoms with van der Waals surface area (Å²) in [6.07, 6.45) is 1.21. The molecule has 192 valence electrons. The Hall–Kier alpha value is -2.36. The van der Waals surface area contributed by atoms with Crippen molar-refractivity contribution in [2.24, 2.45) is 11.7 Å². The van der Waals surface area contributed by atoms with Gasteiger partial charge in [0, 0.05) is 56.9 Å². The molecule has 1 saturated heterocycles. The minimum Gasteiger partial charge on any atom is -0.379 e. The standard InChI is InChI=1S/C26H37F2N5O2/c1-16-4-5-22-19(12-16)13-21(25(34)31-17(2)29)24(32-22)33-11-8-18(23(15-33)35-3)14-30-20-6-9-26(27,28)10-7-20/h4-5,12-13,17-18,20,23,30H,6-11,14-15,29H2,1-3H3,(H,31,34)/t17?,18-,23-/m0/s1. The molecule has 35 heavy (non-hydrogen) atoms. The van der Waals surface area contributed by atoms with Gasteiger partial charge < -0.3 is 26.0 Å². The summed E-state index contributed by atoms with van der Waals surface area (Å²) < 4.78 is 32.8. The molecule has 4 N–H and O–H groups in total. The van der Waals surface area contributed by atoms with Crippen molar-refractivity contribution in [1.82, 2.24) is 15.6 Å². The second-order valence-corrected chi connectivity index (χ2v) is 10.1. The largest absolute Gasteiger partial charge is 0.379 e. The maximum atomic E-state index is 13.5. The summed E-state index contributed by atoms with van der Waals surface area (Å²) in [5.41, 5.74) is 8.25. The second kappa shape index (κ2) is 10.7. The molecule has 9 heteroatoms. The van der Waals surface area contributed by atoms with E-state index in [0.29, 0.717) is 30.8 Å². The molecule has 2 fully saturated rings. The Bertz CT molecular complexity index is 1040. The van der Waals surface area contributed by atoms with Crippen molar-refractivity contribution in [2.75, 3.05) is 31.6 Å². The number of hydrogen-bond donors (Lipinski definition) is 3. The molecule has 0 spiro atoms. The number of pyridine rings is 1. The predicted octanol–water partition coefficient (Wildman–Crippen LogP) is 3.59. The predicted molar refractivity (Wildman–Crippen MR) is 134 cm³/mol. The minimum atomic E-state index is -2.52. The Labute approximate surface area is 205 Å². The minimum absolute atomic E-state index is 0.0454. The van der Waals surface area contributed by atoms with Gasteiger partial charge in [-0.15, -0.1) is 0 Å². The van der Waals surface area contributed by atoms with Gasteiger partial charge in [0.15, 0.2) is 0 Å². The molecule has 1 aromatic carbocycles.